The second-order valence-electron chi connectivity index (χ2n) is 3.53. The zero-order valence-electron chi connectivity index (χ0n) is 9.96. The van der Waals surface area contributed by atoms with Gasteiger partial charge in [-0.2, -0.15) is 0 Å². The number of carbonyl (C=O) groups excluding carboxylic acids is 1. The quantitative estimate of drug-likeness (QED) is 0.794. The van der Waals surface area contributed by atoms with Crippen LogP contribution in [-0.4, -0.2) is 26.1 Å². The molecule has 0 unspecified atom stereocenters. The molecule has 2 N–H and O–H groups in total. The Hall–Kier alpha value is -1.55. The largest absolute Gasteiger partial charge is 0.495 e. The smallest absolute Gasteiger partial charge is 0.238 e. The second-order valence-corrected chi connectivity index (χ2v) is 3.53. The van der Waals surface area contributed by atoms with Gasteiger partial charge in [-0.15, -0.1) is 0 Å². The van der Waals surface area contributed by atoms with Crippen molar-refractivity contribution in [3.8, 4) is 5.75 Å². The summed E-state index contributed by atoms with van der Waals surface area (Å²) in [6.45, 7) is 5.02. The molecule has 1 rings (SSSR count). The Morgan fingerprint density at radius 3 is 2.81 bits per heavy atom. The van der Waals surface area contributed by atoms with E-state index < -0.39 is 0 Å². The van der Waals surface area contributed by atoms with Gasteiger partial charge in [-0.3, -0.25) is 4.79 Å². The van der Waals surface area contributed by atoms with E-state index in [0.717, 1.165) is 12.1 Å². The molecule has 4 nitrogen and oxygen atoms in total. The van der Waals surface area contributed by atoms with Gasteiger partial charge in [0.2, 0.25) is 5.91 Å². The van der Waals surface area contributed by atoms with Gasteiger partial charge in [0, 0.05) is 0 Å². The highest BCUT2D eigenvalue weighted by molar-refractivity contribution is 5.93. The van der Waals surface area contributed by atoms with Crippen LogP contribution in [-0.2, 0) is 4.79 Å². The summed E-state index contributed by atoms with van der Waals surface area (Å²) < 4.78 is 5.17. The van der Waals surface area contributed by atoms with Crippen molar-refractivity contribution < 1.29 is 9.53 Å². The minimum absolute atomic E-state index is 0.0641. The van der Waals surface area contributed by atoms with Crippen molar-refractivity contribution in [1.82, 2.24) is 5.32 Å². The first-order chi connectivity index (χ1) is 7.67. The van der Waals surface area contributed by atoms with Crippen LogP contribution in [0.2, 0.25) is 0 Å². The third kappa shape index (κ3) is 3.55. The van der Waals surface area contributed by atoms with E-state index in [1.165, 1.54) is 0 Å². The van der Waals surface area contributed by atoms with Crippen LogP contribution < -0.4 is 15.4 Å². The molecule has 0 saturated carbocycles. The normalized spacial score (nSPS) is 9.94. The predicted octanol–water partition coefficient (Wildman–Crippen LogP) is 1.55. The van der Waals surface area contributed by atoms with Gasteiger partial charge in [0.15, 0.2) is 0 Å². The highest BCUT2D eigenvalue weighted by atomic mass is 16.5. The maximum Gasteiger partial charge on any atom is 0.238 e. The standard InChI is InChI=1S/C12H18N2O2/c1-4-13-8-12(15)14-10-7-9(2)5-6-11(10)16-3/h5-7,13H,4,8H2,1-3H3,(H,14,15). The van der Waals surface area contributed by atoms with Gasteiger partial charge < -0.3 is 15.4 Å². The number of likely N-dealkylation sites (N-methyl/N-ethyl adjacent to an activating group) is 1. The molecule has 1 aromatic rings. The number of aryl methyl sites for hydroxylation is 1. The van der Waals surface area contributed by atoms with E-state index in [-0.39, 0.29) is 5.91 Å². The number of hydrogen-bond donors (Lipinski definition) is 2. The molecule has 1 aromatic carbocycles. The molecule has 1 amide bonds. The fraction of sp³-hybridized carbons (Fsp3) is 0.417. The molecule has 0 aliphatic rings. The van der Waals surface area contributed by atoms with Gasteiger partial charge in [-0.05, 0) is 31.2 Å². The summed E-state index contributed by atoms with van der Waals surface area (Å²) in [4.78, 5) is 11.5. The minimum Gasteiger partial charge on any atom is -0.495 e. The Kier molecular flexibility index (Phi) is 4.79. The Morgan fingerprint density at radius 2 is 2.19 bits per heavy atom. The van der Waals surface area contributed by atoms with Crippen LogP contribution in [0, 0.1) is 6.92 Å². The van der Waals surface area contributed by atoms with E-state index >= 15 is 0 Å². The molecule has 0 spiro atoms. The van der Waals surface area contributed by atoms with Gasteiger partial charge in [0.25, 0.3) is 0 Å². The molecule has 88 valence electrons. The molecule has 0 atom stereocenters. The van der Waals surface area contributed by atoms with E-state index in [9.17, 15) is 4.79 Å². The van der Waals surface area contributed by atoms with Crippen LogP contribution in [0.15, 0.2) is 18.2 Å². The van der Waals surface area contributed by atoms with E-state index in [0.29, 0.717) is 18.0 Å². The summed E-state index contributed by atoms with van der Waals surface area (Å²) >= 11 is 0. The molecule has 16 heavy (non-hydrogen) atoms. The lowest BCUT2D eigenvalue weighted by atomic mass is 10.2. The number of anilines is 1. The number of amides is 1. The average Bonchev–Trinajstić information content (AvgIpc) is 2.27. The first kappa shape index (κ1) is 12.5. The van der Waals surface area contributed by atoms with Crippen LogP contribution in [0.1, 0.15) is 12.5 Å². The van der Waals surface area contributed by atoms with E-state index in [4.69, 9.17) is 4.74 Å². The molecule has 0 heterocycles. The second kappa shape index (κ2) is 6.12. The van der Waals surface area contributed by atoms with Crippen molar-refractivity contribution in [1.29, 1.82) is 0 Å². The number of hydrogen-bond acceptors (Lipinski definition) is 3. The van der Waals surface area contributed by atoms with Crippen molar-refractivity contribution in [3.05, 3.63) is 23.8 Å². The Labute approximate surface area is 96.0 Å². The lowest BCUT2D eigenvalue weighted by molar-refractivity contribution is -0.115. The number of methoxy groups -OCH3 is 1. The van der Waals surface area contributed by atoms with Gasteiger partial charge in [0.1, 0.15) is 5.75 Å². The van der Waals surface area contributed by atoms with Crippen LogP contribution >= 0.6 is 0 Å². The molecule has 0 fully saturated rings. The van der Waals surface area contributed by atoms with E-state index in [1.807, 2.05) is 32.0 Å². The number of carbonyl (C=O) groups is 1. The third-order valence-electron chi connectivity index (χ3n) is 2.16. The summed E-state index contributed by atoms with van der Waals surface area (Å²) in [5, 5.41) is 5.78. The highest BCUT2D eigenvalue weighted by Gasteiger charge is 2.06. The molecular formula is C12H18N2O2. The Balaban J connectivity index is 2.71. The summed E-state index contributed by atoms with van der Waals surface area (Å²) in [7, 11) is 1.59. The monoisotopic (exact) mass is 222 g/mol. The van der Waals surface area contributed by atoms with Gasteiger partial charge in [-0.1, -0.05) is 13.0 Å². The minimum atomic E-state index is -0.0641. The third-order valence-corrected chi connectivity index (χ3v) is 2.16. The maximum absolute atomic E-state index is 11.5. The van der Waals surface area contributed by atoms with E-state index in [1.54, 1.807) is 7.11 Å². The summed E-state index contributed by atoms with van der Waals surface area (Å²) in [5.74, 6) is 0.612. The van der Waals surface area contributed by atoms with Gasteiger partial charge in [-0.25, -0.2) is 0 Å². The molecule has 0 saturated heterocycles. The van der Waals surface area contributed by atoms with Crippen molar-refractivity contribution >= 4 is 11.6 Å². The van der Waals surface area contributed by atoms with Crippen LogP contribution in [0.4, 0.5) is 5.69 Å². The fourth-order valence-electron chi connectivity index (χ4n) is 1.35. The summed E-state index contributed by atoms with van der Waals surface area (Å²) in [6.07, 6.45) is 0. The summed E-state index contributed by atoms with van der Waals surface area (Å²) in [6, 6.07) is 5.68. The van der Waals surface area contributed by atoms with Crippen molar-refractivity contribution in [2.24, 2.45) is 0 Å². The highest BCUT2D eigenvalue weighted by Crippen LogP contribution is 2.24. The van der Waals surface area contributed by atoms with E-state index in [2.05, 4.69) is 10.6 Å². The molecule has 0 bridgehead atoms. The van der Waals surface area contributed by atoms with Crippen LogP contribution in [0.25, 0.3) is 0 Å². The molecule has 0 aliphatic carbocycles. The molecular weight excluding hydrogens is 204 g/mol. The predicted molar refractivity (Wildman–Crippen MR) is 64.9 cm³/mol. The Bertz CT molecular complexity index is 364. The zero-order chi connectivity index (χ0) is 12.0. The fourth-order valence-corrected chi connectivity index (χ4v) is 1.35. The SMILES string of the molecule is CCNCC(=O)Nc1cc(C)ccc1OC. The zero-order valence-corrected chi connectivity index (χ0v) is 9.96. The van der Waals surface area contributed by atoms with Crippen molar-refractivity contribution in [3.63, 3.8) is 0 Å². The number of rotatable bonds is 5. The Morgan fingerprint density at radius 1 is 1.44 bits per heavy atom. The van der Waals surface area contributed by atoms with Crippen molar-refractivity contribution in [2.75, 3.05) is 25.5 Å². The molecule has 4 heteroatoms. The molecule has 0 aliphatic heterocycles. The molecule has 0 aromatic heterocycles. The first-order valence-corrected chi connectivity index (χ1v) is 5.32. The van der Waals surface area contributed by atoms with Gasteiger partial charge >= 0.3 is 0 Å². The van der Waals surface area contributed by atoms with Crippen LogP contribution in [0.3, 0.4) is 0 Å². The topological polar surface area (TPSA) is 50.4 Å². The first-order valence-electron chi connectivity index (χ1n) is 5.32. The number of ether oxygens (including phenoxy) is 1. The number of benzene rings is 1. The van der Waals surface area contributed by atoms with Crippen LogP contribution in [0.5, 0.6) is 5.75 Å². The lowest BCUT2D eigenvalue weighted by Gasteiger charge is -2.11. The van der Waals surface area contributed by atoms with Gasteiger partial charge in [0.05, 0.1) is 19.3 Å². The average molecular weight is 222 g/mol. The summed E-state index contributed by atoms with van der Waals surface area (Å²) in [5.41, 5.74) is 1.80. The molecule has 0 radical (unpaired) electrons. The lowest BCUT2D eigenvalue weighted by Crippen LogP contribution is -2.27. The number of nitrogens with one attached hydrogen (secondary N) is 2. The maximum atomic E-state index is 11.5. The van der Waals surface area contributed by atoms with Crippen molar-refractivity contribution in [2.45, 2.75) is 13.8 Å².